The number of amides is 1. The normalized spacial score (nSPS) is 10.6. The zero-order valence-corrected chi connectivity index (χ0v) is 13.0. The van der Waals surface area contributed by atoms with E-state index in [1.54, 1.807) is 24.4 Å². The molecule has 0 saturated carbocycles. The van der Waals surface area contributed by atoms with Crippen LogP contribution in [0, 0.1) is 0 Å². The number of ether oxygens (including phenoxy) is 1. The van der Waals surface area contributed by atoms with E-state index in [-0.39, 0.29) is 5.91 Å². The molecule has 1 amide bonds. The number of carbonyl (C=O) groups excluding carboxylic acids is 1. The zero-order chi connectivity index (χ0) is 15.1. The highest BCUT2D eigenvalue weighted by Gasteiger charge is 2.12. The third kappa shape index (κ3) is 4.39. The van der Waals surface area contributed by atoms with Crippen molar-refractivity contribution in [3.05, 3.63) is 58.3 Å². The molecular weight excluding hydrogens is 334 g/mol. The average molecular weight is 348 g/mol. The molecule has 21 heavy (non-hydrogen) atoms. The van der Waals surface area contributed by atoms with Crippen molar-refractivity contribution in [2.24, 2.45) is 5.10 Å². The standard InChI is InChI=1S/C15H14BrN3O2/c1-2-21-14-7-6-11(16)9-13(14)15(20)19-18-10-12-5-3-4-8-17-12/h3-10H,2H2,1H3,(H,19,20)/b18-10-. The topological polar surface area (TPSA) is 63.6 Å². The number of nitrogens with zero attached hydrogens (tertiary/aromatic N) is 2. The summed E-state index contributed by atoms with van der Waals surface area (Å²) in [5, 5.41) is 3.89. The van der Waals surface area contributed by atoms with Gasteiger partial charge < -0.3 is 4.74 Å². The molecule has 0 atom stereocenters. The molecule has 108 valence electrons. The first-order valence-corrected chi connectivity index (χ1v) is 7.17. The van der Waals surface area contributed by atoms with Gasteiger partial charge >= 0.3 is 0 Å². The molecule has 0 fully saturated rings. The number of nitrogens with one attached hydrogen (secondary N) is 1. The van der Waals surface area contributed by atoms with Crippen LogP contribution in [0.1, 0.15) is 23.0 Å². The van der Waals surface area contributed by atoms with Gasteiger partial charge in [-0.2, -0.15) is 5.10 Å². The largest absolute Gasteiger partial charge is 0.493 e. The Morgan fingerprint density at radius 3 is 3.00 bits per heavy atom. The van der Waals surface area contributed by atoms with Gasteiger partial charge in [-0.3, -0.25) is 9.78 Å². The van der Waals surface area contributed by atoms with Crippen molar-refractivity contribution < 1.29 is 9.53 Å². The first-order chi connectivity index (χ1) is 10.2. The molecule has 1 aromatic carbocycles. The monoisotopic (exact) mass is 347 g/mol. The Kier molecular flexibility index (Phi) is 5.45. The van der Waals surface area contributed by atoms with E-state index in [4.69, 9.17) is 4.74 Å². The molecule has 0 aliphatic carbocycles. The van der Waals surface area contributed by atoms with Gasteiger partial charge in [0.25, 0.3) is 5.91 Å². The SMILES string of the molecule is CCOc1ccc(Br)cc1C(=O)N/N=C\c1ccccn1. The van der Waals surface area contributed by atoms with Gasteiger partial charge in [-0.05, 0) is 37.3 Å². The molecule has 0 spiro atoms. The molecule has 1 heterocycles. The Labute approximate surface area is 131 Å². The molecule has 0 aliphatic rings. The fraction of sp³-hybridized carbons (Fsp3) is 0.133. The quantitative estimate of drug-likeness (QED) is 0.667. The molecule has 1 aromatic heterocycles. The number of rotatable bonds is 5. The summed E-state index contributed by atoms with van der Waals surface area (Å²) in [5.41, 5.74) is 3.55. The van der Waals surface area contributed by atoms with Gasteiger partial charge in [-0.1, -0.05) is 22.0 Å². The van der Waals surface area contributed by atoms with E-state index in [1.807, 2.05) is 25.1 Å². The predicted molar refractivity (Wildman–Crippen MR) is 84.6 cm³/mol. The summed E-state index contributed by atoms with van der Waals surface area (Å²) in [6.45, 7) is 2.35. The Bertz CT molecular complexity index is 645. The highest BCUT2D eigenvalue weighted by molar-refractivity contribution is 9.10. The van der Waals surface area contributed by atoms with Crippen molar-refractivity contribution in [2.45, 2.75) is 6.92 Å². The first kappa shape index (κ1) is 15.2. The second-order valence-corrected chi connectivity index (χ2v) is 4.94. The van der Waals surface area contributed by atoms with Gasteiger partial charge in [0.2, 0.25) is 0 Å². The maximum Gasteiger partial charge on any atom is 0.275 e. The number of hydrogen-bond acceptors (Lipinski definition) is 4. The number of hydrazone groups is 1. The van der Waals surface area contributed by atoms with Gasteiger partial charge in [0.1, 0.15) is 5.75 Å². The summed E-state index contributed by atoms with van der Waals surface area (Å²) >= 11 is 3.34. The Hall–Kier alpha value is -2.21. The van der Waals surface area contributed by atoms with Crippen molar-refractivity contribution in [2.75, 3.05) is 6.61 Å². The lowest BCUT2D eigenvalue weighted by Gasteiger charge is -2.09. The molecule has 0 bridgehead atoms. The third-order valence-electron chi connectivity index (χ3n) is 2.54. The van der Waals surface area contributed by atoms with Crippen LogP contribution < -0.4 is 10.2 Å². The summed E-state index contributed by atoms with van der Waals surface area (Å²) in [7, 11) is 0. The van der Waals surface area contributed by atoms with Crippen molar-refractivity contribution in [3.8, 4) is 5.75 Å². The Balaban J connectivity index is 2.09. The number of aromatic nitrogens is 1. The van der Waals surface area contributed by atoms with Crippen molar-refractivity contribution in [3.63, 3.8) is 0 Å². The average Bonchev–Trinajstić information content (AvgIpc) is 2.50. The number of halogens is 1. The predicted octanol–water partition coefficient (Wildman–Crippen LogP) is 3.01. The molecule has 2 rings (SSSR count). The fourth-order valence-electron chi connectivity index (χ4n) is 1.63. The van der Waals surface area contributed by atoms with Crippen LogP contribution in [0.2, 0.25) is 0 Å². The van der Waals surface area contributed by atoms with Crippen LogP contribution >= 0.6 is 15.9 Å². The van der Waals surface area contributed by atoms with E-state index in [2.05, 4.69) is 31.4 Å². The summed E-state index contributed by atoms with van der Waals surface area (Å²) in [6.07, 6.45) is 3.14. The second kappa shape index (κ2) is 7.54. The number of benzene rings is 1. The van der Waals surface area contributed by atoms with Crippen molar-refractivity contribution >= 4 is 28.1 Å². The maximum absolute atomic E-state index is 12.1. The van der Waals surface area contributed by atoms with Crippen LogP contribution in [0.3, 0.4) is 0 Å². The molecule has 1 N–H and O–H groups in total. The first-order valence-electron chi connectivity index (χ1n) is 6.37. The lowest BCUT2D eigenvalue weighted by atomic mass is 10.2. The maximum atomic E-state index is 12.1. The van der Waals surface area contributed by atoms with Crippen LogP contribution in [0.4, 0.5) is 0 Å². The van der Waals surface area contributed by atoms with Crippen LogP contribution in [0.5, 0.6) is 5.75 Å². The summed E-state index contributed by atoms with van der Waals surface area (Å²) in [5.74, 6) is 0.179. The van der Waals surface area contributed by atoms with Gasteiger partial charge in [0.15, 0.2) is 0 Å². The van der Waals surface area contributed by atoms with Crippen molar-refractivity contribution in [1.29, 1.82) is 0 Å². The Morgan fingerprint density at radius 1 is 1.43 bits per heavy atom. The van der Waals surface area contributed by atoms with Gasteiger partial charge in [0.05, 0.1) is 24.1 Å². The molecule has 5 nitrogen and oxygen atoms in total. The zero-order valence-electron chi connectivity index (χ0n) is 11.4. The van der Waals surface area contributed by atoms with Crippen molar-refractivity contribution in [1.82, 2.24) is 10.4 Å². The van der Waals surface area contributed by atoms with Gasteiger partial charge in [-0.25, -0.2) is 5.43 Å². The lowest BCUT2D eigenvalue weighted by molar-refractivity contribution is 0.0951. The smallest absolute Gasteiger partial charge is 0.275 e. The summed E-state index contributed by atoms with van der Waals surface area (Å²) in [6, 6.07) is 10.7. The summed E-state index contributed by atoms with van der Waals surface area (Å²) in [4.78, 5) is 16.2. The van der Waals surface area contributed by atoms with Crippen LogP contribution in [0.15, 0.2) is 52.2 Å². The molecule has 0 unspecified atom stereocenters. The second-order valence-electron chi connectivity index (χ2n) is 4.03. The Morgan fingerprint density at radius 2 is 2.29 bits per heavy atom. The number of hydrogen-bond donors (Lipinski definition) is 1. The highest BCUT2D eigenvalue weighted by atomic mass is 79.9. The van der Waals surface area contributed by atoms with Crippen LogP contribution in [-0.2, 0) is 0 Å². The molecule has 6 heteroatoms. The van der Waals surface area contributed by atoms with E-state index in [9.17, 15) is 4.79 Å². The minimum atomic E-state index is -0.341. The molecule has 0 aliphatic heterocycles. The van der Waals surface area contributed by atoms with E-state index >= 15 is 0 Å². The minimum absolute atomic E-state index is 0.341. The lowest BCUT2D eigenvalue weighted by Crippen LogP contribution is -2.19. The molecule has 0 radical (unpaired) electrons. The number of pyridine rings is 1. The van der Waals surface area contributed by atoms with Gasteiger partial charge in [0, 0.05) is 10.7 Å². The van der Waals surface area contributed by atoms with Gasteiger partial charge in [-0.15, -0.1) is 0 Å². The molecule has 0 saturated heterocycles. The summed E-state index contributed by atoms with van der Waals surface area (Å²) < 4.78 is 6.23. The third-order valence-corrected chi connectivity index (χ3v) is 3.03. The van der Waals surface area contributed by atoms with E-state index in [0.29, 0.717) is 23.6 Å². The van der Waals surface area contributed by atoms with Crippen LogP contribution in [0.25, 0.3) is 0 Å². The van der Waals surface area contributed by atoms with E-state index < -0.39 is 0 Å². The highest BCUT2D eigenvalue weighted by Crippen LogP contribution is 2.23. The number of carbonyl (C=O) groups is 1. The fourth-order valence-corrected chi connectivity index (χ4v) is 1.99. The van der Waals surface area contributed by atoms with E-state index in [0.717, 1.165) is 4.47 Å². The molecule has 2 aromatic rings. The molecular formula is C15H14BrN3O2. The van der Waals surface area contributed by atoms with E-state index in [1.165, 1.54) is 6.21 Å². The van der Waals surface area contributed by atoms with Crippen LogP contribution in [-0.4, -0.2) is 23.7 Å². The minimum Gasteiger partial charge on any atom is -0.493 e.